The minimum atomic E-state index is -4.64. The van der Waals surface area contributed by atoms with E-state index in [1.165, 1.54) is 0 Å². The van der Waals surface area contributed by atoms with E-state index in [2.05, 4.69) is 10.6 Å². The summed E-state index contributed by atoms with van der Waals surface area (Å²) in [4.78, 5) is 24.3. The summed E-state index contributed by atoms with van der Waals surface area (Å²) >= 11 is 0. The largest absolute Gasteiger partial charge is 0.416 e. The highest BCUT2D eigenvalue weighted by Crippen LogP contribution is 2.31. The van der Waals surface area contributed by atoms with Crippen molar-refractivity contribution in [3.05, 3.63) is 29.8 Å². The van der Waals surface area contributed by atoms with E-state index in [-0.39, 0.29) is 32.7 Å². The van der Waals surface area contributed by atoms with Crippen molar-refractivity contribution < 1.29 is 31.2 Å². The molecular formula is C16H21F3N4O4S. The molecule has 156 valence electrons. The maximum absolute atomic E-state index is 12.8. The van der Waals surface area contributed by atoms with Crippen molar-refractivity contribution in [1.29, 1.82) is 0 Å². The number of hydrogen-bond acceptors (Lipinski definition) is 5. The normalized spacial score (nSPS) is 16.6. The molecule has 0 saturated carbocycles. The Morgan fingerprint density at radius 2 is 1.79 bits per heavy atom. The molecule has 3 amide bonds. The van der Waals surface area contributed by atoms with Crippen molar-refractivity contribution in [3.63, 3.8) is 0 Å². The number of nitrogens with zero attached hydrogens (tertiary/aromatic N) is 2. The van der Waals surface area contributed by atoms with Crippen LogP contribution < -0.4 is 10.6 Å². The second kappa shape index (κ2) is 8.88. The molecule has 0 spiro atoms. The lowest BCUT2D eigenvalue weighted by atomic mass is 10.2. The summed E-state index contributed by atoms with van der Waals surface area (Å²) in [5.74, 6) is -0.528. The number of imide groups is 1. The summed E-state index contributed by atoms with van der Waals surface area (Å²) in [5.41, 5.74) is -1.03. The highest BCUT2D eigenvalue weighted by molar-refractivity contribution is 7.89. The third-order valence-electron chi connectivity index (χ3n) is 4.09. The lowest BCUT2D eigenvalue weighted by Crippen LogP contribution is -2.52. The molecule has 2 N–H and O–H groups in total. The number of hydrogen-bond donors (Lipinski definition) is 2. The number of halogens is 3. The van der Waals surface area contributed by atoms with E-state index in [9.17, 15) is 31.2 Å². The Balaban J connectivity index is 1.97. The van der Waals surface area contributed by atoms with E-state index >= 15 is 0 Å². The lowest BCUT2D eigenvalue weighted by molar-refractivity contribution is -0.137. The summed E-state index contributed by atoms with van der Waals surface area (Å²) in [6.45, 7) is 2.44. The van der Waals surface area contributed by atoms with Crippen molar-refractivity contribution in [3.8, 4) is 0 Å². The fourth-order valence-corrected chi connectivity index (χ4v) is 4.15. The summed E-state index contributed by atoms with van der Waals surface area (Å²) in [6, 6.07) is 2.98. The van der Waals surface area contributed by atoms with E-state index < -0.39 is 38.6 Å². The molecule has 1 aliphatic rings. The molecule has 0 bridgehead atoms. The topological polar surface area (TPSA) is 98.8 Å². The Hall–Kier alpha value is -2.18. The first-order chi connectivity index (χ1) is 13.0. The van der Waals surface area contributed by atoms with Gasteiger partial charge in [-0.25, -0.2) is 13.2 Å². The highest BCUT2D eigenvalue weighted by atomic mass is 32.2. The first-order valence-electron chi connectivity index (χ1n) is 8.51. The van der Waals surface area contributed by atoms with Gasteiger partial charge in [0.05, 0.1) is 17.0 Å². The van der Waals surface area contributed by atoms with Crippen LogP contribution in [0.25, 0.3) is 0 Å². The van der Waals surface area contributed by atoms with Gasteiger partial charge in [-0.3, -0.25) is 15.0 Å². The predicted octanol–water partition coefficient (Wildman–Crippen LogP) is 0.857. The van der Waals surface area contributed by atoms with Crippen LogP contribution >= 0.6 is 0 Å². The molecule has 28 heavy (non-hydrogen) atoms. The molecule has 1 aromatic rings. The molecule has 2 rings (SSSR count). The fraction of sp³-hybridized carbons (Fsp3) is 0.500. The van der Waals surface area contributed by atoms with Crippen molar-refractivity contribution in [2.24, 2.45) is 0 Å². The second-order valence-corrected chi connectivity index (χ2v) is 8.05. The molecule has 1 aliphatic heterocycles. The fourth-order valence-electron chi connectivity index (χ4n) is 2.68. The van der Waals surface area contributed by atoms with Gasteiger partial charge in [0, 0.05) is 32.7 Å². The van der Waals surface area contributed by atoms with Crippen LogP contribution in [-0.4, -0.2) is 68.8 Å². The number of benzene rings is 1. The van der Waals surface area contributed by atoms with Gasteiger partial charge < -0.3 is 5.32 Å². The van der Waals surface area contributed by atoms with Crippen molar-refractivity contribution in [1.82, 2.24) is 19.8 Å². The minimum absolute atomic E-state index is 0.0208. The molecule has 1 saturated heterocycles. The van der Waals surface area contributed by atoms with Crippen molar-refractivity contribution >= 4 is 22.0 Å². The zero-order valence-electron chi connectivity index (χ0n) is 15.1. The molecule has 8 nitrogen and oxygen atoms in total. The van der Waals surface area contributed by atoms with Gasteiger partial charge >= 0.3 is 12.2 Å². The molecule has 0 aliphatic carbocycles. The van der Waals surface area contributed by atoms with Crippen LogP contribution in [0.2, 0.25) is 0 Å². The maximum Gasteiger partial charge on any atom is 0.416 e. The maximum atomic E-state index is 12.8. The average molecular weight is 422 g/mol. The SMILES string of the molecule is CCNC(=O)NC(=O)CN1CCN(S(=O)(=O)c2cccc(C(F)(F)F)c2)CC1. The molecule has 0 aromatic heterocycles. The molecule has 1 heterocycles. The molecule has 1 aromatic carbocycles. The smallest absolute Gasteiger partial charge is 0.338 e. The molecule has 0 atom stereocenters. The molecule has 12 heteroatoms. The molecule has 0 unspecified atom stereocenters. The second-order valence-electron chi connectivity index (χ2n) is 6.11. The Labute approximate surface area is 160 Å². The number of amides is 3. The Kier molecular flexibility index (Phi) is 7.01. The van der Waals surface area contributed by atoms with E-state index in [1.54, 1.807) is 11.8 Å². The molecule has 1 fully saturated rings. The van der Waals surface area contributed by atoms with Gasteiger partial charge in [-0.2, -0.15) is 17.5 Å². The Morgan fingerprint density at radius 3 is 2.36 bits per heavy atom. The number of alkyl halides is 3. The summed E-state index contributed by atoms with van der Waals surface area (Å²) in [6.07, 6.45) is -4.64. The third-order valence-corrected chi connectivity index (χ3v) is 5.98. The number of nitrogens with one attached hydrogen (secondary N) is 2. The van der Waals surface area contributed by atoms with E-state index in [0.29, 0.717) is 12.6 Å². The standard InChI is InChI=1S/C16H21F3N4O4S/c1-2-20-15(25)21-14(24)11-22-6-8-23(9-7-22)28(26,27)13-5-3-4-12(10-13)16(17,18)19/h3-5,10H,2,6-9,11H2,1H3,(H2,20,21,24,25). The molecular weight excluding hydrogens is 401 g/mol. The Morgan fingerprint density at radius 1 is 1.14 bits per heavy atom. The zero-order valence-corrected chi connectivity index (χ0v) is 15.9. The van der Waals surface area contributed by atoms with Crippen molar-refractivity contribution in [2.75, 3.05) is 39.3 Å². The highest BCUT2D eigenvalue weighted by Gasteiger charge is 2.34. The number of sulfonamides is 1. The third kappa shape index (κ3) is 5.66. The summed E-state index contributed by atoms with van der Waals surface area (Å²) in [5, 5.41) is 4.56. The van der Waals surface area contributed by atoms with E-state index in [0.717, 1.165) is 22.5 Å². The predicted molar refractivity (Wildman–Crippen MR) is 93.9 cm³/mol. The average Bonchev–Trinajstić information content (AvgIpc) is 2.61. The quantitative estimate of drug-likeness (QED) is 0.733. The van der Waals surface area contributed by atoms with Gasteiger partial charge in [0.25, 0.3) is 0 Å². The summed E-state index contributed by atoms with van der Waals surface area (Å²) in [7, 11) is -4.08. The molecule has 0 radical (unpaired) electrons. The van der Waals surface area contributed by atoms with Crippen LogP contribution in [0.3, 0.4) is 0 Å². The van der Waals surface area contributed by atoms with E-state index in [1.807, 2.05) is 0 Å². The lowest BCUT2D eigenvalue weighted by Gasteiger charge is -2.33. The monoisotopic (exact) mass is 422 g/mol. The number of urea groups is 1. The van der Waals surface area contributed by atoms with Crippen LogP contribution in [0.5, 0.6) is 0 Å². The van der Waals surface area contributed by atoms with Crippen LogP contribution in [0.4, 0.5) is 18.0 Å². The van der Waals surface area contributed by atoms with Crippen LogP contribution in [0, 0.1) is 0 Å². The van der Waals surface area contributed by atoms with Crippen molar-refractivity contribution in [2.45, 2.75) is 18.0 Å². The van der Waals surface area contributed by atoms with Gasteiger partial charge in [0.15, 0.2) is 0 Å². The van der Waals surface area contributed by atoms with Crippen LogP contribution in [-0.2, 0) is 21.0 Å². The van der Waals surface area contributed by atoms with Gasteiger partial charge in [0.2, 0.25) is 15.9 Å². The number of rotatable bonds is 5. The first-order valence-corrected chi connectivity index (χ1v) is 9.95. The van der Waals surface area contributed by atoms with Gasteiger partial charge in [-0.05, 0) is 25.1 Å². The van der Waals surface area contributed by atoms with Crippen LogP contribution in [0.1, 0.15) is 12.5 Å². The van der Waals surface area contributed by atoms with Gasteiger partial charge in [-0.1, -0.05) is 6.07 Å². The number of carbonyl (C=O) groups excluding carboxylic acids is 2. The number of carbonyl (C=O) groups is 2. The van der Waals surface area contributed by atoms with Gasteiger partial charge in [0.1, 0.15) is 0 Å². The van der Waals surface area contributed by atoms with Crippen LogP contribution in [0.15, 0.2) is 29.2 Å². The zero-order chi connectivity index (χ0) is 20.9. The number of piperazine rings is 1. The van der Waals surface area contributed by atoms with Gasteiger partial charge in [-0.15, -0.1) is 0 Å². The Bertz CT molecular complexity index is 821. The minimum Gasteiger partial charge on any atom is -0.338 e. The van der Waals surface area contributed by atoms with E-state index in [4.69, 9.17) is 0 Å². The first kappa shape index (κ1) is 22.1. The summed E-state index contributed by atoms with van der Waals surface area (Å²) < 4.78 is 64.8.